The second-order valence-corrected chi connectivity index (χ2v) is 17.6. The number of amides is 1. The maximum absolute atomic E-state index is 13.7. The molecule has 3 aliphatic rings. The van der Waals surface area contributed by atoms with Crippen LogP contribution in [0.3, 0.4) is 0 Å². The number of hydrogen-bond donors (Lipinski definition) is 0. The van der Waals surface area contributed by atoms with Gasteiger partial charge in [-0.25, -0.2) is 9.97 Å². The number of nitrogens with zero attached hydrogens (tertiary/aromatic N) is 3. The summed E-state index contributed by atoms with van der Waals surface area (Å²) in [6.07, 6.45) is 6.13. The van der Waals surface area contributed by atoms with Crippen LogP contribution in [0.15, 0.2) is 18.2 Å². The van der Waals surface area contributed by atoms with E-state index in [1.165, 1.54) is 36.8 Å². The van der Waals surface area contributed by atoms with Gasteiger partial charge in [0.05, 0.1) is 17.7 Å². The Balaban J connectivity index is 1.55. The monoisotopic (exact) mass is 497 g/mol. The fraction of sp³-hybridized carbons (Fsp3) is 0.593. The summed E-state index contributed by atoms with van der Waals surface area (Å²) in [5, 5.41) is 0.427. The number of rotatable bonds is 4. The number of carbonyl (C=O) groups is 1. The summed E-state index contributed by atoms with van der Waals surface area (Å²) in [6.45, 7) is 15.2. The van der Waals surface area contributed by atoms with E-state index >= 15 is 0 Å². The van der Waals surface area contributed by atoms with Crippen LogP contribution in [0.5, 0.6) is 0 Å². The molecule has 0 unspecified atom stereocenters. The Bertz CT molecular complexity index is 1180. The van der Waals surface area contributed by atoms with Crippen molar-refractivity contribution in [1.29, 1.82) is 0 Å². The molecule has 0 bridgehead atoms. The molecule has 1 amide bonds. The van der Waals surface area contributed by atoms with Gasteiger partial charge in [-0.1, -0.05) is 38.4 Å². The van der Waals surface area contributed by atoms with Crippen molar-refractivity contribution < 1.29 is 9.22 Å². The van der Waals surface area contributed by atoms with Crippen LogP contribution in [0.1, 0.15) is 82.8 Å². The van der Waals surface area contributed by atoms with Crippen molar-refractivity contribution in [2.24, 2.45) is 0 Å². The molecule has 1 aromatic carbocycles. The van der Waals surface area contributed by atoms with Crippen molar-refractivity contribution in [3.8, 4) is 0 Å². The fourth-order valence-electron chi connectivity index (χ4n) is 5.25. The summed E-state index contributed by atoms with van der Waals surface area (Å²) >= 11 is 6.71. The predicted molar refractivity (Wildman–Crippen MR) is 139 cm³/mol. The molecule has 1 fully saturated rings. The molecule has 1 aliphatic heterocycles. The second kappa shape index (κ2) is 7.62. The van der Waals surface area contributed by atoms with Crippen LogP contribution in [0.4, 0.5) is 11.5 Å². The number of fused-ring (bicyclic) bond motifs is 3. The second-order valence-electron chi connectivity index (χ2n) is 12.4. The van der Waals surface area contributed by atoms with Gasteiger partial charge in [0, 0.05) is 5.56 Å². The maximum Gasteiger partial charge on any atom is 0.243 e. The topological polar surface area (TPSA) is 55.3 Å². The van der Waals surface area contributed by atoms with Crippen LogP contribution in [-0.2, 0) is 33.1 Å². The maximum atomic E-state index is 13.7. The molecular weight excluding hydrogens is 462 g/mol. The lowest BCUT2D eigenvalue weighted by Gasteiger charge is -2.35. The molecule has 7 heteroatoms. The molecule has 0 atom stereocenters. The van der Waals surface area contributed by atoms with Gasteiger partial charge in [-0.05, 0) is 92.8 Å². The zero-order valence-electron chi connectivity index (χ0n) is 21.5. The number of anilines is 2. The molecule has 2 heterocycles. The van der Waals surface area contributed by atoms with E-state index in [0.29, 0.717) is 34.4 Å². The first-order valence-electron chi connectivity index (χ1n) is 12.5. The third kappa shape index (κ3) is 3.64. The van der Waals surface area contributed by atoms with E-state index in [2.05, 4.69) is 57.0 Å². The van der Waals surface area contributed by atoms with Gasteiger partial charge in [-0.15, -0.1) is 0 Å². The third-order valence-corrected chi connectivity index (χ3v) is 13.5. The molecule has 1 saturated carbocycles. The predicted octanol–water partition coefficient (Wildman–Crippen LogP) is 6.98. The Morgan fingerprint density at radius 2 is 1.85 bits per heavy atom. The minimum Gasteiger partial charge on any atom is -0.409 e. The van der Waals surface area contributed by atoms with Crippen molar-refractivity contribution in [3.63, 3.8) is 0 Å². The van der Waals surface area contributed by atoms with Gasteiger partial charge in [0.15, 0.2) is 14.1 Å². The molecule has 1 aromatic heterocycles. The van der Waals surface area contributed by atoms with Gasteiger partial charge in [-0.2, -0.15) is 0 Å². The van der Waals surface area contributed by atoms with Crippen molar-refractivity contribution in [1.82, 2.24) is 9.97 Å². The average Bonchev–Trinajstić information content (AvgIpc) is 3.47. The smallest absolute Gasteiger partial charge is 0.243 e. The summed E-state index contributed by atoms with van der Waals surface area (Å²) in [5.41, 5.74) is 3.98. The zero-order chi connectivity index (χ0) is 24.7. The Labute approximate surface area is 209 Å². The lowest BCUT2D eigenvalue weighted by atomic mass is 9.80. The van der Waals surface area contributed by atoms with Crippen molar-refractivity contribution >= 4 is 37.3 Å². The fourth-order valence-corrected chi connectivity index (χ4v) is 6.59. The highest BCUT2D eigenvalue weighted by Crippen LogP contribution is 2.56. The minimum absolute atomic E-state index is 0.0122. The van der Waals surface area contributed by atoms with E-state index < -0.39 is 13.7 Å². The SMILES string of the molecule is CC1(C)C(=O)N(c2ccc3c(c2)C2(CCC3)CC2)c2nc(CO[Si](C)(C)C(C)(C)C)nc(Cl)c21. The van der Waals surface area contributed by atoms with E-state index in [-0.39, 0.29) is 10.9 Å². The Morgan fingerprint density at radius 1 is 1.15 bits per heavy atom. The first kappa shape index (κ1) is 24.0. The summed E-state index contributed by atoms with van der Waals surface area (Å²) in [6, 6.07) is 6.53. The van der Waals surface area contributed by atoms with Crippen molar-refractivity contribution in [2.45, 2.75) is 102 Å². The summed E-state index contributed by atoms with van der Waals surface area (Å²) in [5.74, 6) is 1.12. The van der Waals surface area contributed by atoms with Gasteiger partial charge in [0.1, 0.15) is 11.0 Å². The van der Waals surface area contributed by atoms with Crippen LogP contribution in [-0.4, -0.2) is 24.2 Å². The van der Waals surface area contributed by atoms with Gasteiger partial charge >= 0.3 is 0 Å². The molecule has 5 rings (SSSR count). The molecule has 0 radical (unpaired) electrons. The number of carbonyl (C=O) groups excluding carboxylic acids is 1. The first-order chi connectivity index (χ1) is 15.8. The van der Waals surface area contributed by atoms with E-state index in [4.69, 9.17) is 21.0 Å². The van der Waals surface area contributed by atoms with Crippen LogP contribution in [0.2, 0.25) is 23.3 Å². The quantitative estimate of drug-likeness (QED) is 0.338. The highest BCUT2D eigenvalue weighted by atomic mass is 35.5. The molecular formula is C27H36ClN3O2Si. The number of halogens is 1. The normalized spacial score (nSPS) is 20.5. The summed E-state index contributed by atoms with van der Waals surface area (Å²) in [7, 11) is -1.98. The zero-order valence-corrected chi connectivity index (χ0v) is 23.3. The first-order valence-corrected chi connectivity index (χ1v) is 15.7. The van der Waals surface area contributed by atoms with Crippen molar-refractivity contribution in [3.05, 3.63) is 45.9 Å². The average molecular weight is 498 g/mol. The molecule has 34 heavy (non-hydrogen) atoms. The number of aryl methyl sites for hydroxylation is 1. The number of benzene rings is 1. The molecule has 2 aromatic rings. The molecule has 1 spiro atoms. The Morgan fingerprint density at radius 3 is 2.50 bits per heavy atom. The van der Waals surface area contributed by atoms with Crippen molar-refractivity contribution in [2.75, 3.05) is 4.90 Å². The minimum atomic E-state index is -1.98. The van der Waals surface area contributed by atoms with Crippen LogP contribution < -0.4 is 4.90 Å². The largest absolute Gasteiger partial charge is 0.409 e. The van der Waals surface area contributed by atoms with Gasteiger partial charge in [0.2, 0.25) is 5.91 Å². The Kier molecular flexibility index (Phi) is 5.37. The summed E-state index contributed by atoms with van der Waals surface area (Å²) in [4.78, 5) is 24.9. The molecule has 0 saturated heterocycles. The standard InChI is InChI=1S/C27H36ClN3O2Si/c1-25(2,3)34(6,7)33-16-20-29-22(28)21-23(30-20)31(24(32)26(21,4)5)18-11-10-17-9-8-12-27(13-14-27)19(17)15-18/h10-11,15H,8-9,12-14,16H2,1-7H3. The van der Waals surface area contributed by atoms with E-state index in [1.807, 2.05) is 13.8 Å². The molecule has 0 N–H and O–H groups in total. The Hall–Kier alpha value is -1.76. The van der Waals surface area contributed by atoms with E-state index in [0.717, 1.165) is 12.1 Å². The number of aromatic nitrogens is 2. The lowest BCUT2D eigenvalue weighted by Crippen LogP contribution is -2.40. The van der Waals surface area contributed by atoms with E-state index in [1.54, 1.807) is 4.90 Å². The van der Waals surface area contributed by atoms with Crippen LogP contribution in [0.25, 0.3) is 0 Å². The molecule has 5 nitrogen and oxygen atoms in total. The van der Waals surface area contributed by atoms with Gasteiger partial charge < -0.3 is 4.43 Å². The highest BCUT2D eigenvalue weighted by molar-refractivity contribution is 6.74. The highest BCUT2D eigenvalue weighted by Gasteiger charge is 2.50. The van der Waals surface area contributed by atoms with Crippen LogP contribution in [0, 0.1) is 0 Å². The van der Waals surface area contributed by atoms with Gasteiger partial charge in [0.25, 0.3) is 0 Å². The molecule has 182 valence electrons. The van der Waals surface area contributed by atoms with Crippen LogP contribution >= 0.6 is 11.6 Å². The summed E-state index contributed by atoms with van der Waals surface area (Å²) < 4.78 is 6.38. The molecule has 2 aliphatic carbocycles. The lowest BCUT2D eigenvalue weighted by molar-refractivity contribution is -0.121. The number of hydrogen-bond acceptors (Lipinski definition) is 4. The van der Waals surface area contributed by atoms with E-state index in [9.17, 15) is 4.79 Å². The third-order valence-electron chi connectivity index (χ3n) is 8.71. The van der Waals surface area contributed by atoms with Gasteiger partial charge in [-0.3, -0.25) is 9.69 Å².